The molecule has 1 aliphatic rings. The van der Waals surface area contributed by atoms with Crippen LogP contribution in [0.3, 0.4) is 0 Å². The molecule has 1 aromatic rings. The van der Waals surface area contributed by atoms with E-state index >= 15 is 0 Å². The van der Waals surface area contributed by atoms with Crippen LogP contribution in [-0.4, -0.2) is 5.75 Å². The van der Waals surface area contributed by atoms with Gasteiger partial charge in [-0.25, -0.2) is 0 Å². The van der Waals surface area contributed by atoms with Crippen molar-refractivity contribution < 1.29 is 0 Å². The number of rotatable bonds is 3. The van der Waals surface area contributed by atoms with Gasteiger partial charge in [-0.05, 0) is 37.0 Å². The molecular weight excluding hydrogens is 214 g/mol. The smallest absolute Gasteiger partial charge is 0.0543 e. The predicted molar refractivity (Wildman–Crippen MR) is 63.9 cm³/mol. The highest BCUT2D eigenvalue weighted by Gasteiger charge is 2.17. The molecular formula is C11H14ClNS. The summed E-state index contributed by atoms with van der Waals surface area (Å²) in [6.45, 7) is 0. The van der Waals surface area contributed by atoms with Gasteiger partial charge in [-0.2, -0.15) is 0 Å². The van der Waals surface area contributed by atoms with Crippen molar-refractivity contribution in [3.63, 3.8) is 0 Å². The molecule has 0 heterocycles. The second-order valence-corrected chi connectivity index (χ2v) is 5.27. The third kappa shape index (κ3) is 2.37. The van der Waals surface area contributed by atoms with Gasteiger partial charge in [-0.1, -0.05) is 18.0 Å². The molecule has 0 bridgehead atoms. The summed E-state index contributed by atoms with van der Waals surface area (Å²) in [7, 11) is 0. The molecule has 0 aromatic heterocycles. The Hall–Kier alpha value is -0.340. The minimum Gasteiger partial charge on any atom is -0.399 e. The number of anilines is 1. The third-order valence-corrected chi connectivity index (χ3v) is 4.38. The zero-order chi connectivity index (χ0) is 9.97. The van der Waals surface area contributed by atoms with Crippen LogP contribution in [0.1, 0.15) is 19.3 Å². The average Bonchev–Trinajstić information content (AvgIpc) is 2.08. The Morgan fingerprint density at radius 1 is 1.43 bits per heavy atom. The maximum absolute atomic E-state index is 6.06. The lowest BCUT2D eigenvalue weighted by Gasteiger charge is -2.24. The van der Waals surface area contributed by atoms with E-state index < -0.39 is 0 Å². The van der Waals surface area contributed by atoms with Crippen LogP contribution in [0.25, 0.3) is 0 Å². The minimum absolute atomic E-state index is 0.797. The summed E-state index contributed by atoms with van der Waals surface area (Å²) in [5.74, 6) is 2.08. The summed E-state index contributed by atoms with van der Waals surface area (Å²) in [6.07, 6.45) is 4.16. The Morgan fingerprint density at radius 2 is 2.21 bits per heavy atom. The molecule has 1 fully saturated rings. The van der Waals surface area contributed by atoms with Crippen molar-refractivity contribution in [2.24, 2.45) is 5.92 Å². The molecule has 0 unspecified atom stereocenters. The molecule has 1 nitrogen and oxygen atoms in total. The van der Waals surface area contributed by atoms with E-state index in [1.165, 1.54) is 25.0 Å². The normalized spacial score (nSPS) is 16.6. The first kappa shape index (κ1) is 10.2. The van der Waals surface area contributed by atoms with E-state index in [0.717, 1.165) is 21.5 Å². The van der Waals surface area contributed by atoms with Crippen LogP contribution in [0.4, 0.5) is 5.69 Å². The fraction of sp³-hybridized carbons (Fsp3) is 0.455. The van der Waals surface area contributed by atoms with Gasteiger partial charge in [0.25, 0.3) is 0 Å². The molecule has 2 N–H and O–H groups in total. The van der Waals surface area contributed by atoms with E-state index in [9.17, 15) is 0 Å². The first-order chi connectivity index (χ1) is 6.75. The molecule has 1 saturated carbocycles. The Morgan fingerprint density at radius 3 is 2.86 bits per heavy atom. The molecule has 1 aromatic carbocycles. The molecule has 76 valence electrons. The molecule has 14 heavy (non-hydrogen) atoms. The standard InChI is InChI=1S/C11H14ClNS/c12-10-5-4-9(13)6-11(10)14-7-8-2-1-3-8/h4-6,8H,1-3,7,13H2. The third-order valence-electron chi connectivity index (χ3n) is 2.65. The van der Waals surface area contributed by atoms with Crippen molar-refractivity contribution in [1.29, 1.82) is 0 Å². The van der Waals surface area contributed by atoms with Crippen LogP contribution >= 0.6 is 23.4 Å². The highest BCUT2D eigenvalue weighted by Crippen LogP contribution is 2.35. The first-order valence-electron chi connectivity index (χ1n) is 4.93. The Bertz CT molecular complexity index is 323. The number of hydrogen-bond donors (Lipinski definition) is 1. The van der Waals surface area contributed by atoms with Crippen LogP contribution in [0.2, 0.25) is 5.02 Å². The van der Waals surface area contributed by atoms with E-state index in [0.29, 0.717) is 0 Å². The second kappa shape index (κ2) is 4.45. The number of thioether (sulfide) groups is 1. The summed E-state index contributed by atoms with van der Waals surface area (Å²) >= 11 is 7.90. The summed E-state index contributed by atoms with van der Waals surface area (Å²) in [4.78, 5) is 1.12. The zero-order valence-corrected chi connectivity index (χ0v) is 9.57. The van der Waals surface area contributed by atoms with E-state index in [1.807, 2.05) is 30.0 Å². The van der Waals surface area contributed by atoms with Crippen molar-refractivity contribution in [3.8, 4) is 0 Å². The summed E-state index contributed by atoms with van der Waals surface area (Å²) in [5, 5.41) is 0.823. The van der Waals surface area contributed by atoms with Gasteiger partial charge in [0.1, 0.15) is 0 Å². The van der Waals surface area contributed by atoms with Gasteiger partial charge in [-0.15, -0.1) is 11.8 Å². The van der Waals surface area contributed by atoms with Crippen LogP contribution in [0.15, 0.2) is 23.1 Å². The Kier molecular flexibility index (Phi) is 3.24. The predicted octanol–water partition coefficient (Wildman–Crippen LogP) is 3.81. The highest BCUT2D eigenvalue weighted by atomic mass is 35.5. The topological polar surface area (TPSA) is 26.0 Å². The van der Waals surface area contributed by atoms with Gasteiger partial charge in [0.05, 0.1) is 5.02 Å². The zero-order valence-electron chi connectivity index (χ0n) is 8.00. The van der Waals surface area contributed by atoms with Crippen LogP contribution < -0.4 is 5.73 Å². The van der Waals surface area contributed by atoms with Crippen molar-refractivity contribution in [3.05, 3.63) is 23.2 Å². The Labute approximate surface area is 94.0 Å². The molecule has 0 saturated heterocycles. The lowest BCUT2D eigenvalue weighted by molar-refractivity contribution is 0.353. The monoisotopic (exact) mass is 227 g/mol. The number of nitrogens with two attached hydrogens (primary N) is 1. The van der Waals surface area contributed by atoms with E-state index in [4.69, 9.17) is 17.3 Å². The molecule has 0 spiro atoms. The molecule has 2 rings (SSSR count). The first-order valence-corrected chi connectivity index (χ1v) is 6.30. The van der Waals surface area contributed by atoms with Crippen LogP contribution in [0, 0.1) is 5.92 Å². The largest absolute Gasteiger partial charge is 0.399 e. The Balaban J connectivity index is 1.96. The SMILES string of the molecule is Nc1ccc(Cl)c(SCC2CCC2)c1. The van der Waals surface area contributed by atoms with Gasteiger partial charge in [-0.3, -0.25) is 0 Å². The van der Waals surface area contributed by atoms with Gasteiger partial charge in [0.15, 0.2) is 0 Å². The van der Waals surface area contributed by atoms with Crippen molar-refractivity contribution in [2.75, 3.05) is 11.5 Å². The fourth-order valence-corrected chi connectivity index (χ4v) is 2.95. The molecule has 0 amide bonds. The summed E-state index contributed by atoms with van der Waals surface area (Å²) < 4.78 is 0. The summed E-state index contributed by atoms with van der Waals surface area (Å²) in [6, 6.07) is 5.68. The van der Waals surface area contributed by atoms with Crippen molar-refractivity contribution in [1.82, 2.24) is 0 Å². The van der Waals surface area contributed by atoms with Gasteiger partial charge in [0.2, 0.25) is 0 Å². The van der Waals surface area contributed by atoms with E-state index in [1.54, 1.807) is 0 Å². The van der Waals surface area contributed by atoms with Gasteiger partial charge < -0.3 is 5.73 Å². The van der Waals surface area contributed by atoms with Crippen LogP contribution in [-0.2, 0) is 0 Å². The highest BCUT2D eigenvalue weighted by molar-refractivity contribution is 7.99. The van der Waals surface area contributed by atoms with E-state index in [-0.39, 0.29) is 0 Å². The lowest BCUT2D eigenvalue weighted by atomic mass is 9.87. The van der Waals surface area contributed by atoms with Gasteiger partial charge in [0, 0.05) is 16.3 Å². The van der Waals surface area contributed by atoms with Gasteiger partial charge >= 0.3 is 0 Å². The number of benzene rings is 1. The van der Waals surface area contributed by atoms with Crippen LogP contribution in [0.5, 0.6) is 0 Å². The second-order valence-electron chi connectivity index (χ2n) is 3.80. The lowest BCUT2D eigenvalue weighted by Crippen LogP contribution is -2.13. The molecule has 1 aliphatic carbocycles. The van der Waals surface area contributed by atoms with E-state index in [2.05, 4.69) is 0 Å². The fourth-order valence-electron chi connectivity index (χ4n) is 1.50. The average molecular weight is 228 g/mol. The quantitative estimate of drug-likeness (QED) is 0.628. The van der Waals surface area contributed by atoms with Crippen molar-refractivity contribution in [2.45, 2.75) is 24.2 Å². The molecule has 0 radical (unpaired) electrons. The number of nitrogen functional groups attached to an aromatic ring is 1. The minimum atomic E-state index is 0.797. The molecule has 3 heteroatoms. The van der Waals surface area contributed by atoms with Crippen molar-refractivity contribution >= 4 is 29.1 Å². The summed E-state index contributed by atoms with van der Waals surface area (Å²) in [5.41, 5.74) is 6.51. The maximum atomic E-state index is 6.06. The molecule has 0 aliphatic heterocycles. The number of halogens is 1. The number of hydrogen-bond acceptors (Lipinski definition) is 2. The maximum Gasteiger partial charge on any atom is 0.0543 e. The molecule has 0 atom stereocenters.